The molecular weight excluding hydrogens is 359 g/mol. The van der Waals surface area contributed by atoms with Gasteiger partial charge in [-0.1, -0.05) is 6.92 Å². The number of aromatic nitrogens is 1. The van der Waals surface area contributed by atoms with Crippen molar-refractivity contribution in [3.8, 4) is 5.75 Å². The van der Waals surface area contributed by atoms with Gasteiger partial charge >= 0.3 is 12.1 Å². The zero-order chi connectivity index (χ0) is 19.6. The second-order valence-corrected chi connectivity index (χ2v) is 7.05. The van der Waals surface area contributed by atoms with Gasteiger partial charge in [-0.25, -0.2) is 0 Å². The minimum atomic E-state index is -4.41. The van der Waals surface area contributed by atoms with Gasteiger partial charge in [0.25, 0.3) is 0 Å². The van der Waals surface area contributed by atoms with Gasteiger partial charge in [-0.05, 0) is 62.3 Å². The van der Waals surface area contributed by atoms with Crippen LogP contribution in [-0.2, 0) is 11.0 Å². The van der Waals surface area contributed by atoms with E-state index < -0.39 is 17.7 Å². The largest absolute Gasteiger partial charge is 0.490 e. The molecule has 27 heavy (non-hydrogen) atoms. The van der Waals surface area contributed by atoms with Crippen molar-refractivity contribution in [2.75, 3.05) is 0 Å². The minimum Gasteiger partial charge on any atom is -0.490 e. The van der Waals surface area contributed by atoms with Crippen LogP contribution in [0.15, 0.2) is 30.5 Å². The van der Waals surface area contributed by atoms with Crippen molar-refractivity contribution in [2.45, 2.75) is 51.3 Å². The van der Waals surface area contributed by atoms with Crippen LogP contribution in [-0.4, -0.2) is 22.2 Å². The highest BCUT2D eigenvalue weighted by Crippen LogP contribution is 2.36. The van der Waals surface area contributed by atoms with Gasteiger partial charge in [0.05, 0.1) is 23.1 Å². The lowest BCUT2D eigenvalue weighted by molar-refractivity contribution is -0.144. The molecule has 0 radical (unpaired) electrons. The SMILES string of the molecule is CCC(C(=O)O)[C@H]1CC[C@H](Oc2ccnc3cc(C(F)(F)F)ccc23)CC1. The van der Waals surface area contributed by atoms with Gasteiger partial charge in [-0.15, -0.1) is 0 Å². The molecule has 3 rings (SSSR count). The van der Waals surface area contributed by atoms with E-state index in [0.717, 1.165) is 37.8 Å². The van der Waals surface area contributed by atoms with Crippen molar-refractivity contribution in [3.63, 3.8) is 0 Å². The Kier molecular flexibility index (Phi) is 5.58. The number of hydrogen-bond acceptors (Lipinski definition) is 3. The van der Waals surface area contributed by atoms with Crippen LogP contribution in [0.2, 0.25) is 0 Å². The molecule has 0 amide bonds. The first-order valence-corrected chi connectivity index (χ1v) is 9.15. The molecule has 2 aromatic rings. The summed E-state index contributed by atoms with van der Waals surface area (Å²) in [5, 5.41) is 9.85. The number of carbonyl (C=O) groups is 1. The van der Waals surface area contributed by atoms with Crippen molar-refractivity contribution in [1.82, 2.24) is 4.98 Å². The zero-order valence-electron chi connectivity index (χ0n) is 15.0. The number of fused-ring (bicyclic) bond motifs is 1. The maximum Gasteiger partial charge on any atom is 0.416 e. The van der Waals surface area contributed by atoms with Crippen LogP contribution in [0.5, 0.6) is 5.75 Å². The molecule has 0 bridgehead atoms. The first kappa shape index (κ1) is 19.5. The number of rotatable bonds is 5. The van der Waals surface area contributed by atoms with Crippen molar-refractivity contribution >= 4 is 16.9 Å². The summed E-state index contributed by atoms with van der Waals surface area (Å²) < 4.78 is 44.7. The van der Waals surface area contributed by atoms with Crippen LogP contribution in [0, 0.1) is 11.8 Å². The fraction of sp³-hybridized carbons (Fsp3) is 0.500. The van der Waals surface area contributed by atoms with Crippen LogP contribution in [0.1, 0.15) is 44.6 Å². The van der Waals surface area contributed by atoms with E-state index in [2.05, 4.69) is 4.98 Å². The number of benzene rings is 1. The third-order valence-corrected chi connectivity index (χ3v) is 5.37. The molecule has 4 nitrogen and oxygen atoms in total. The average molecular weight is 381 g/mol. The number of carboxylic acids is 1. The fourth-order valence-electron chi connectivity index (χ4n) is 3.90. The number of ether oxygens (including phenoxy) is 1. The van der Waals surface area contributed by atoms with Crippen LogP contribution in [0.25, 0.3) is 10.9 Å². The van der Waals surface area contributed by atoms with E-state index in [-0.39, 0.29) is 23.5 Å². The highest BCUT2D eigenvalue weighted by atomic mass is 19.4. The lowest BCUT2D eigenvalue weighted by Gasteiger charge is -2.32. The summed E-state index contributed by atoms with van der Waals surface area (Å²) in [5.74, 6) is -0.408. The van der Waals surface area contributed by atoms with Crippen molar-refractivity contribution in [3.05, 3.63) is 36.0 Å². The Balaban J connectivity index is 1.72. The molecule has 1 aromatic carbocycles. The van der Waals surface area contributed by atoms with E-state index in [9.17, 15) is 23.1 Å². The quantitative estimate of drug-likeness (QED) is 0.763. The molecule has 0 saturated heterocycles. The van der Waals surface area contributed by atoms with Gasteiger partial charge in [0, 0.05) is 11.6 Å². The van der Waals surface area contributed by atoms with Crippen molar-refractivity contribution < 1.29 is 27.8 Å². The molecule has 1 aliphatic rings. The Bertz CT molecular complexity index is 814. The molecule has 0 aliphatic heterocycles. The lowest BCUT2D eigenvalue weighted by Crippen LogP contribution is -2.31. The van der Waals surface area contributed by atoms with Crippen molar-refractivity contribution in [1.29, 1.82) is 0 Å². The number of halogens is 3. The smallest absolute Gasteiger partial charge is 0.416 e. The monoisotopic (exact) mass is 381 g/mol. The molecular formula is C20H22F3NO3. The Morgan fingerprint density at radius 3 is 2.56 bits per heavy atom. The van der Waals surface area contributed by atoms with Crippen LogP contribution < -0.4 is 4.74 Å². The zero-order valence-corrected chi connectivity index (χ0v) is 15.0. The molecule has 1 saturated carbocycles. The van der Waals surface area contributed by atoms with Crippen molar-refractivity contribution in [2.24, 2.45) is 11.8 Å². The molecule has 1 unspecified atom stereocenters. The molecule has 1 fully saturated rings. The first-order valence-electron chi connectivity index (χ1n) is 9.15. The van der Waals surface area contributed by atoms with Gasteiger partial charge in [-0.3, -0.25) is 9.78 Å². The Labute approximate surface area is 155 Å². The number of alkyl halides is 3. The molecule has 146 valence electrons. The summed E-state index contributed by atoms with van der Waals surface area (Å²) in [5.41, 5.74) is -0.493. The topological polar surface area (TPSA) is 59.4 Å². The second kappa shape index (κ2) is 7.74. The van der Waals surface area contributed by atoms with E-state index in [1.165, 1.54) is 12.3 Å². The van der Waals surface area contributed by atoms with Crippen LogP contribution in [0.4, 0.5) is 13.2 Å². The predicted octanol–water partition coefficient (Wildman–Crippen LogP) is 5.30. The number of nitrogens with zero attached hydrogens (tertiary/aromatic N) is 1. The first-order chi connectivity index (χ1) is 12.8. The average Bonchev–Trinajstić information content (AvgIpc) is 2.62. The van der Waals surface area contributed by atoms with E-state index >= 15 is 0 Å². The van der Waals surface area contributed by atoms with E-state index in [4.69, 9.17) is 4.74 Å². The molecule has 0 spiro atoms. The fourth-order valence-corrected chi connectivity index (χ4v) is 3.90. The maximum absolute atomic E-state index is 12.9. The summed E-state index contributed by atoms with van der Waals surface area (Å²) in [6.45, 7) is 1.89. The number of carboxylic acid groups (broad SMARTS) is 1. The summed E-state index contributed by atoms with van der Waals surface area (Å²) in [4.78, 5) is 15.4. The number of aliphatic carboxylic acids is 1. The summed E-state index contributed by atoms with van der Waals surface area (Å²) in [6, 6.07) is 5.11. The predicted molar refractivity (Wildman–Crippen MR) is 94.5 cm³/mol. The summed E-state index contributed by atoms with van der Waals surface area (Å²) >= 11 is 0. The summed E-state index contributed by atoms with van der Waals surface area (Å²) in [6.07, 6.45) is 0.597. The van der Waals surface area contributed by atoms with Gasteiger partial charge in [0.2, 0.25) is 0 Å². The molecule has 1 heterocycles. The Hall–Kier alpha value is -2.31. The second-order valence-electron chi connectivity index (χ2n) is 7.05. The molecule has 1 atom stereocenters. The van der Waals surface area contributed by atoms with Crippen LogP contribution >= 0.6 is 0 Å². The normalized spacial score (nSPS) is 21.8. The number of pyridine rings is 1. The number of hydrogen-bond donors (Lipinski definition) is 1. The van der Waals surface area contributed by atoms with E-state index in [1.54, 1.807) is 6.07 Å². The van der Waals surface area contributed by atoms with Gasteiger partial charge in [0.15, 0.2) is 0 Å². The molecule has 7 heteroatoms. The third kappa shape index (κ3) is 4.34. The highest BCUT2D eigenvalue weighted by Gasteiger charge is 2.32. The van der Waals surface area contributed by atoms with Gasteiger partial charge in [-0.2, -0.15) is 13.2 Å². The molecule has 1 aromatic heterocycles. The Morgan fingerprint density at radius 1 is 1.26 bits per heavy atom. The summed E-state index contributed by atoms with van der Waals surface area (Å²) in [7, 11) is 0. The van der Waals surface area contributed by atoms with Crippen LogP contribution in [0.3, 0.4) is 0 Å². The minimum absolute atomic E-state index is 0.0690. The van der Waals surface area contributed by atoms with E-state index in [0.29, 0.717) is 17.6 Å². The maximum atomic E-state index is 12.9. The van der Waals surface area contributed by atoms with Gasteiger partial charge < -0.3 is 9.84 Å². The standard InChI is InChI=1S/C20H22F3NO3/c1-2-15(19(25)26)12-3-6-14(7-4-12)27-18-9-10-24-17-11-13(20(21,22)23)5-8-16(17)18/h5,8-12,14-15H,2-4,6-7H2,1H3,(H,25,26)/t12-,14-,15?. The lowest BCUT2D eigenvalue weighted by atomic mass is 9.78. The van der Waals surface area contributed by atoms with E-state index in [1.807, 2.05) is 6.92 Å². The van der Waals surface area contributed by atoms with Gasteiger partial charge in [0.1, 0.15) is 5.75 Å². The Morgan fingerprint density at radius 2 is 1.96 bits per heavy atom. The molecule has 1 N–H and O–H groups in total. The highest BCUT2D eigenvalue weighted by molar-refractivity contribution is 5.85. The third-order valence-electron chi connectivity index (χ3n) is 5.37. The molecule has 1 aliphatic carbocycles.